The molecule has 1 nitrogen and oxygen atoms in total. The molecule has 0 N–H and O–H groups in total. The first kappa shape index (κ1) is 16.9. The molecule has 1 heterocycles. The fourth-order valence-electron chi connectivity index (χ4n) is 4.85. The standard InChI is InChI=1S/C22H21Cl2N/c1-14(2)18-7-4-8-19(15-5-3-6-16(23)11-15)22(18)13-25-21-12-17(24)9-10-20(21)22/h3,5-6,9-13,18-19H,1,4,7-8H2,2H3. The van der Waals surface area contributed by atoms with Crippen molar-refractivity contribution in [2.24, 2.45) is 10.9 Å². The SMILES string of the molecule is C=C(C)C1CCCC(c2cccc(Cl)c2)C12C=Nc1cc(Cl)ccc12. The molecule has 128 valence electrons. The molecule has 1 aliphatic heterocycles. The third-order valence-electron chi connectivity index (χ3n) is 5.83. The lowest BCUT2D eigenvalue weighted by atomic mass is 9.55. The quantitative estimate of drug-likeness (QED) is 0.500. The van der Waals surface area contributed by atoms with Gasteiger partial charge >= 0.3 is 0 Å². The molecule has 2 aromatic carbocycles. The van der Waals surface area contributed by atoms with Crippen LogP contribution in [-0.2, 0) is 5.41 Å². The number of hydrogen-bond donors (Lipinski definition) is 0. The molecule has 2 aliphatic rings. The van der Waals surface area contributed by atoms with Gasteiger partial charge in [-0.1, -0.05) is 60.0 Å². The van der Waals surface area contributed by atoms with Crippen LogP contribution in [0.25, 0.3) is 0 Å². The maximum atomic E-state index is 6.31. The normalized spacial score (nSPS) is 27.5. The van der Waals surface area contributed by atoms with Gasteiger partial charge in [-0.15, -0.1) is 0 Å². The molecule has 1 fully saturated rings. The van der Waals surface area contributed by atoms with Gasteiger partial charge in [0.2, 0.25) is 0 Å². The Morgan fingerprint density at radius 2 is 1.92 bits per heavy atom. The van der Waals surface area contributed by atoms with E-state index in [9.17, 15) is 0 Å². The van der Waals surface area contributed by atoms with Crippen LogP contribution in [0.1, 0.15) is 43.2 Å². The van der Waals surface area contributed by atoms with Crippen LogP contribution in [0.5, 0.6) is 0 Å². The van der Waals surface area contributed by atoms with Gasteiger partial charge in [0, 0.05) is 21.7 Å². The molecule has 4 rings (SSSR count). The van der Waals surface area contributed by atoms with E-state index in [2.05, 4.69) is 37.9 Å². The Hall–Kier alpha value is -1.57. The third-order valence-corrected chi connectivity index (χ3v) is 6.30. The number of halogens is 2. The average molecular weight is 370 g/mol. The maximum absolute atomic E-state index is 6.31. The van der Waals surface area contributed by atoms with E-state index in [-0.39, 0.29) is 5.41 Å². The van der Waals surface area contributed by atoms with Gasteiger partial charge < -0.3 is 0 Å². The molecule has 0 saturated heterocycles. The predicted octanol–water partition coefficient (Wildman–Crippen LogP) is 7.11. The molecule has 25 heavy (non-hydrogen) atoms. The highest BCUT2D eigenvalue weighted by Crippen LogP contribution is 2.58. The van der Waals surface area contributed by atoms with E-state index >= 15 is 0 Å². The largest absolute Gasteiger partial charge is 0.260 e. The van der Waals surface area contributed by atoms with Crippen molar-refractivity contribution in [1.29, 1.82) is 0 Å². The zero-order chi connectivity index (χ0) is 17.6. The molecule has 1 aliphatic carbocycles. The minimum atomic E-state index is -0.158. The molecule has 1 spiro atoms. The molecule has 0 amide bonds. The van der Waals surface area contributed by atoms with E-state index in [0.717, 1.165) is 28.6 Å². The van der Waals surface area contributed by atoms with Gasteiger partial charge in [-0.25, -0.2) is 0 Å². The first-order valence-electron chi connectivity index (χ1n) is 8.78. The highest BCUT2D eigenvalue weighted by molar-refractivity contribution is 6.31. The zero-order valence-corrected chi connectivity index (χ0v) is 15.8. The fraction of sp³-hybridized carbons (Fsp3) is 0.318. The molecule has 0 radical (unpaired) electrons. The lowest BCUT2D eigenvalue weighted by Gasteiger charge is -2.47. The molecule has 3 heteroatoms. The van der Waals surface area contributed by atoms with E-state index in [1.165, 1.54) is 23.1 Å². The summed E-state index contributed by atoms with van der Waals surface area (Å²) in [5.74, 6) is 0.712. The Morgan fingerprint density at radius 3 is 2.68 bits per heavy atom. The third kappa shape index (κ3) is 2.65. The van der Waals surface area contributed by atoms with Crippen molar-refractivity contribution in [1.82, 2.24) is 0 Å². The van der Waals surface area contributed by atoms with Gasteiger partial charge in [0.05, 0.1) is 5.69 Å². The van der Waals surface area contributed by atoms with Crippen molar-refractivity contribution in [2.45, 2.75) is 37.5 Å². The lowest BCUT2D eigenvalue weighted by Crippen LogP contribution is -2.44. The van der Waals surface area contributed by atoms with Gasteiger partial charge in [0.1, 0.15) is 0 Å². The number of rotatable bonds is 2. The first-order valence-corrected chi connectivity index (χ1v) is 9.54. The van der Waals surface area contributed by atoms with Crippen LogP contribution in [0.3, 0.4) is 0 Å². The Kier molecular flexibility index (Phi) is 4.25. The number of aliphatic imine (C=N–C) groups is 1. The summed E-state index contributed by atoms with van der Waals surface area (Å²) in [6.45, 7) is 6.47. The Balaban J connectivity index is 1.93. The number of allylic oxidation sites excluding steroid dienone is 1. The van der Waals surface area contributed by atoms with Crippen molar-refractivity contribution in [2.75, 3.05) is 0 Å². The Morgan fingerprint density at radius 1 is 1.12 bits per heavy atom. The summed E-state index contributed by atoms with van der Waals surface area (Å²) in [5.41, 5.74) is 4.62. The summed E-state index contributed by atoms with van der Waals surface area (Å²) < 4.78 is 0. The van der Waals surface area contributed by atoms with Gasteiger partial charge in [0.25, 0.3) is 0 Å². The molecule has 2 aromatic rings. The molecular weight excluding hydrogens is 349 g/mol. The summed E-state index contributed by atoms with van der Waals surface area (Å²) in [4.78, 5) is 4.78. The second-order valence-corrected chi connectivity index (χ2v) is 8.16. The summed E-state index contributed by atoms with van der Waals surface area (Å²) in [5, 5.41) is 1.52. The monoisotopic (exact) mass is 369 g/mol. The first-order chi connectivity index (χ1) is 12.0. The summed E-state index contributed by atoms with van der Waals surface area (Å²) >= 11 is 12.5. The zero-order valence-electron chi connectivity index (χ0n) is 14.3. The molecule has 0 bridgehead atoms. The summed E-state index contributed by atoms with van der Waals surface area (Å²) in [6.07, 6.45) is 5.62. The number of hydrogen-bond acceptors (Lipinski definition) is 1. The van der Waals surface area contributed by atoms with Crippen molar-refractivity contribution in [3.63, 3.8) is 0 Å². The highest BCUT2D eigenvalue weighted by atomic mass is 35.5. The van der Waals surface area contributed by atoms with Gasteiger partial charge in [0.15, 0.2) is 0 Å². The topological polar surface area (TPSA) is 12.4 Å². The van der Waals surface area contributed by atoms with E-state index in [4.69, 9.17) is 28.2 Å². The van der Waals surface area contributed by atoms with Crippen LogP contribution in [0.15, 0.2) is 59.6 Å². The average Bonchev–Trinajstić information content (AvgIpc) is 2.93. The second kappa shape index (κ2) is 6.30. The van der Waals surface area contributed by atoms with Crippen molar-refractivity contribution in [3.8, 4) is 0 Å². The number of nitrogens with zero attached hydrogens (tertiary/aromatic N) is 1. The minimum Gasteiger partial charge on any atom is -0.260 e. The molecular formula is C22H21Cl2N. The van der Waals surface area contributed by atoms with E-state index in [0.29, 0.717) is 11.8 Å². The second-order valence-electron chi connectivity index (χ2n) is 7.29. The Labute approximate surface area is 159 Å². The summed E-state index contributed by atoms with van der Waals surface area (Å²) in [7, 11) is 0. The van der Waals surface area contributed by atoms with Crippen LogP contribution in [0, 0.1) is 5.92 Å². The van der Waals surface area contributed by atoms with Crippen LogP contribution in [0.2, 0.25) is 10.0 Å². The molecule has 3 unspecified atom stereocenters. The van der Waals surface area contributed by atoms with Gasteiger partial charge in [-0.3, -0.25) is 4.99 Å². The Bertz CT molecular complexity index is 870. The number of fused-ring (bicyclic) bond motifs is 2. The van der Waals surface area contributed by atoms with E-state index < -0.39 is 0 Å². The lowest BCUT2D eigenvalue weighted by molar-refractivity contribution is 0.258. The van der Waals surface area contributed by atoms with Crippen LogP contribution in [0.4, 0.5) is 5.69 Å². The van der Waals surface area contributed by atoms with Crippen molar-refractivity contribution < 1.29 is 0 Å². The van der Waals surface area contributed by atoms with E-state index in [1.807, 2.05) is 24.3 Å². The smallest absolute Gasteiger partial charge is 0.0682 e. The van der Waals surface area contributed by atoms with Crippen LogP contribution in [-0.4, -0.2) is 6.21 Å². The van der Waals surface area contributed by atoms with Crippen LogP contribution < -0.4 is 0 Å². The number of benzene rings is 2. The molecule has 1 saturated carbocycles. The molecule has 3 atom stereocenters. The van der Waals surface area contributed by atoms with Gasteiger partial charge in [-0.05, 0) is 67.0 Å². The predicted molar refractivity (Wildman–Crippen MR) is 108 cm³/mol. The minimum absolute atomic E-state index is 0.158. The van der Waals surface area contributed by atoms with Gasteiger partial charge in [-0.2, -0.15) is 0 Å². The molecule has 0 aromatic heterocycles. The van der Waals surface area contributed by atoms with E-state index in [1.54, 1.807) is 0 Å². The highest BCUT2D eigenvalue weighted by Gasteiger charge is 2.51. The van der Waals surface area contributed by atoms with Crippen molar-refractivity contribution >= 4 is 35.1 Å². The summed E-state index contributed by atoms with van der Waals surface area (Å²) in [6, 6.07) is 14.4. The van der Waals surface area contributed by atoms with Crippen molar-refractivity contribution in [3.05, 3.63) is 75.8 Å². The maximum Gasteiger partial charge on any atom is 0.0682 e. The fourth-order valence-corrected chi connectivity index (χ4v) is 5.21. The van der Waals surface area contributed by atoms with Crippen LogP contribution >= 0.6 is 23.2 Å².